The predicted molar refractivity (Wildman–Crippen MR) is 121 cm³/mol. The number of hydrogen-bond acceptors (Lipinski definition) is 7. The highest BCUT2D eigenvalue weighted by Crippen LogP contribution is 2.25. The van der Waals surface area contributed by atoms with E-state index in [-0.39, 0.29) is 28.3 Å². The summed E-state index contributed by atoms with van der Waals surface area (Å²) in [4.78, 5) is 24.9. The van der Waals surface area contributed by atoms with Crippen molar-refractivity contribution in [3.05, 3.63) is 89.5 Å². The molecule has 9 heteroatoms. The van der Waals surface area contributed by atoms with Crippen LogP contribution in [0.15, 0.2) is 77.7 Å². The van der Waals surface area contributed by atoms with Crippen molar-refractivity contribution in [2.75, 3.05) is 20.8 Å². The maximum Gasteiger partial charge on any atom is 0.338 e. The van der Waals surface area contributed by atoms with Gasteiger partial charge >= 0.3 is 5.97 Å². The van der Waals surface area contributed by atoms with Crippen molar-refractivity contribution >= 4 is 21.8 Å². The van der Waals surface area contributed by atoms with E-state index in [1.165, 1.54) is 44.6 Å². The highest BCUT2D eigenvalue weighted by atomic mass is 32.2. The molecule has 0 radical (unpaired) electrons. The van der Waals surface area contributed by atoms with E-state index in [1.54, 1.807) is 24.3 Å². The zero-order valence-electron chi connectivity index (χ0n) is 18.1. The second kappa shape index (κ2) is 10.8. The molecular formula is C24H23NO7S. The number of carbonyl (C=O) groups excluding carboxylic acids is 2. The Morgan fingerprint density at radius 1 is 0.879 bits per heavy atom. The van der Waals surface area contributed by atoms with Crippen LogP contribution in [0.1, 0.15) is 26.3 Å². The summed E-state index contributed by atoms with van der Waals surface area (Å²) < 4.78 is 43.1. The van der Waals surface area contributed by atoms with Crippen molar-refractivity contribution in [2.45, 2.75) is 11.4 Å². The highest BCUT2D eigenvalue weighted by Gasteiger charge is 2.19. The second-order valence-corrected chi connectivity index (χ2v) is 8.67. The number of sulfonamides is 1. The van der Waals surface area contributed by atoms with Gasteiger partial charge in [-0.05, 0) is 35.9 Å². The average Bonchev–Trinajstić information content (AvgIpc) is 2.86. The SMILES string of the molecule is COc1ccc(C(=O)COC(=O)c2cccc(S(=O)(=O)NCc3ccccc3)c2)c(OC)c1. The molecule has 0 saturated carbocycles. The van der Waals surface area contributed by atoms with Gasteiger partial charge in [-0.3, -0.25) is 4.79 Å². The van der Waals surface area contributed by atoms with Crippen LogP contribution < -0.4 is 14.2 Å². The summed E-state index contributed by atoms with van der Waals surface area (Å²) in [6, 6.07) is 19.1. The van der Waals surface area contributed by atoms with Crippen molar-refractivity contribution in [3.63, 3.8) is 0 Å². The number of Topliss-reactive ketones (excluding diaryl/α,β-unsaturated/α-hetero) is 1. The Kier molecular flexibility index (Phi) is 7.81. The van der Waals surface area contributed by atoms with Crippen LogP contribution in [0.5, 0.6) is 11.5 Å². The third-order valence-corrected chi connectivity index (χ3v) is 6.13. The van der Waals surface area contributed by atoms with Crippen molar-refractivity contribution < 1.29 is 32.2 Å². The molecule has 0 heterocycles. The van der Waals surface area contributed by atoms with E-state index in [1.807, 2.05) is 18.2 Å². The van der Waals surface area contributed by atoms with E-state index in [2.05, 4.69) is 4.72 Å². The third-order valence-electron chi connectivity index (χ3n) is 4.73. The van der Waals surface area contributed by atoms with E-state index in [0.29, 0.717) is 5.75 Å². The van der Waals surface area contributed by atoms with E-state index in [9.17, 15) is 18.0 Å². The highest BCUT2D eigenvalue weighted by molar-refractivity contribution is 7.89. The van der Waals surface area contributed by atoms with Crippen molar-refractivity contribution in [2.24, 2.45) is 0 Å². The summed E-state index contributed by atoms with van der Waals surface area (Å²) in [6.45, 7) is -0.430. The Hall–Kier alpha value is -3.69. The zero-order chi connectivity index (χ0) is 23.8. The molecule has 0 aliphatic rings. The van der Waals surface area contributed by atoms with Crippen LogP contribution in [-0.4, -0.2) is 41.0 Å². The van der Waals surface area contributed by atoms with Gasteiger partial charge < -0.3 is 14.2 Å². The molecule has 0 atom stereocenters. The van der Waals surface area contributed by atoms with Crippen LogP contribution in [-0.2, 0) is 21.3 Å². The number of methoxy groups -OCH3 is 2. The molecule has 172 valence electrons. The molecule has 0 saturated heterocycles. The molecule has 0 aliphatic carbocycles. The lowest BCUT2D eigenvalue weighted by Crippen LogP contribution is -2.23. The fourth-order valence-corrected chi connectivity index (χ4v) is 4.03. The van der Waals surface area contributed by atoms with Gasteiger partial charge in [0.1, 0.15) is 11.5 Å². The molecule has 0 aliphatic heterocycles. The first-order valence-corrected chi connectivity index (χ1v) is 11.4. The molecule has 3 aromatic rings. The summed E-state index contributed by atoms with van der Waals surface area (Å²) in [5.41, 5.74) is 1.03. The van der Waals surface area contributed by atoms with Crippen molar-refractivity contribution in [1.82, 2.24) is 4.72 Å². The molecule has 3 aromatic carbocycles. The first-order valence-electron chi connectivity index (χ1n) is 9.90. The van der Waals surface area contributed by atoms with Crippen molar-refractivity contribution in [3.8, 4) is 11.5 Å². The molecule has 0 aromatic heterocycles. The third kappa shape index (κ3) is 6.18. The topological polar surface area (TPSA) is 108 Å². The van der Waals surface area contributed by atoms with Crippen LogP contribution in [0, 0.1) is 0 Å². The predicted octanol–water partition coefficient (Wildman–Crippen LogP) is 3.22. The molecule has 0 amide bonds. The molecule has 8 nitrogen and oxygen atoms in total. The molecular weight excluding hydrogens is 446 g/mol. The summed E-state index contributed by atoms with van der Waals surface area (Å²) >= 11 is 0. The molecule has 33 heavy (non-hydrogen) atoms. The number of rotatable bonds is 10. The average molecular weight is 470 g/mol. The minimum Gasteiger partial charge on any atom is -0.497 e. The Balaban J connectivity index is 1.66. The summed E-state index contributed by atoms with van der Waals surface area (Å²) in [6.07, 6.45) is 0. The van der Waals surface area contributed by atoms with Gasteiger partial charge in [0, 0.05) is 12.6 Å². The van der Waals surface area contributed by atoms with Gasteiger partial charge in [0.25, 0.3) is 0 Å². The number of ketones is 1. The van der Waals surface area contributed by atoms with E-state index < -0.39 is 28.4 Å². The number of benzene rings is 3. The van der Waals surface area contributed by atoms with E-state index >= 15 is 0 Å². The second-order valence-electron chi connectivity index (χ2n) is 6.90. The van der Waals surface area contributed by atoms with Gasteiger partial charge in [-0.2, -0.15) is 0 Å². The standard InChI is InChI=1S/C24H23NO7S/c1-30-19-11-12-21(23(14-19)31-2)22(26)16-32-24(27)18-9-6-10-20(13-18)33(28,29)25-15-17-7-4-3-5-8-17/h3-14,25H,15-16H2,1-2H3. The van der Waals surface area contributed by atoms with Crippen LogP contribution in [0.4, 0.5) is 0 Å². The molecule has 0 fully saturated rings. The van der Waals surface area contributed by atoms with Crippen LogP contribution in [0.25, 0.3) is 0 Å². The number of nitrogens with one attached hydrogen (secondary N) is 1. The number of hydrogen-bond donors (Lipinski definition) is 1. The largest absolute Gasteiger partial charge is 0.497 e. The summed E-state index contributed by atoms with van der Waals surface area (Å²) in [5, 5.41) is 0. The normalized spacial score (nSPS) is 11.0. The van der Waals surface area contributed by atoms with E-state index in [0.717, 1.165) is 5.56 Å². The zero-order valence-corrected chi connectivity index (χ0v) is 18.9. The minimum atomic E-state index is -3.86. The first-order chi connectivity index (χ1) is 15.8. The fraction of sp³-hybridized carbons (Fsp3) is 0.167. The molecule has 0 bridgehead atoms. The molecule has 0 unspecified atom stereocenters. The van der Waals surface area contributed by atoms with Crippen LogP contribution in [0.3, 0.4) is 0 Å². The van der Waals surface area contributed by atoms with Gasteiger partial charge in [0.15, 0.2) is 6.61 Å². The van der Waals surface area contributed by atoms with Crippen LogP contribution >= 0.6 is 0 Å². The quantitative estimate of drug-likeness (QED) is 0.359. The van der Waals surface area contributed by atoms with E-state index in [4.69, 9.17) is 14.2 Å². The summed E-state index contributed by atoms with van der Waals surface area (Å²) in [5.74, 6) is -0.501. The monoisotopic (exact) mass is 469 g/mol. The van der Waals surface area contributed by atoms with Gasteiger partial charge in [-0.25, -0.2) is 17.9 Å². The fourth-order valence-electron chi connectivity index (χ4n) is 2.97. The molecule has 1 N–H and O–H groups in total. The first kappa shape index (κ1) is 24.0. The van der Waals surface area contributed by atoms with Gasteiger partial charge in [-0.1, -0.05) is 36.4 Å². The molecule has 0 spiro atoms. The lowest BCUT2D eigenvalue weighted by Gasteiger charge is -2.11. The van der Waals surface area contributed by atoms with Crippen LogP contribution in [0.2, 0.25) is 0 Å². The summed E-state index contributed by atoms with van der Waals surface area (Å²) in [7, 11) is -0.956. The number of esters is 1. The lowest BCUT2D eigenvalue weighted by atomic mass is 10.1. The Labute approximate surface area is 192 Å². The Morgan fingerprint density at radius 2 is 1.64 bits per heavy atom. The minimum absolute atomic E-state index is 0.00656. The van der Waals surface area contributed by atoms with Crippen molar-refractivity contribution in [1.29, 1.82) is 0 Å². The number of carbonyl (C=O) groups is 2. The maximum atomic E-state index is 12.6. The lowest BCUT2D eigenvalue weighted by molar-refractivity contribution is 0.0473. The molecule has 3 rings (SSSR count). The smallest absolute Gasteiger partial charge is 0.338 e. The van der Waals surface area contributed by atoms with Gasteiger partial charge in [0.05, 0.1) is 30.2 Å². The Morgan fingerprint density at radius 3 is 2.33 bits per heavy atom. The maximum absolute atomic E-state index is 12.6. The number of ether oxygens (including phenoxy) is 3. The van der Waals surface area contributed by atoms with Gasteiger partial charge in [-0.15, -0.1) is 0 Å². The van der Waals surface area contributed by atoms with Gasteiger partial charge in [0.2, 0.25) is 15.8 Å². The Bertz CT molecular complexity index is 1240.